The lowest BCUT2D eigenvalue weighted by molar-refractivity contribution is 0.0962. The number of ether oxygens (including phenoxy) is 1. The Balaban J connectivity index is 1.15. The second-order valence-electron chi connectivity index (χ2n) is 8.71. The van der Waals surface area contributed by atoms with Gasteiger partial charge < -0.3 is 15.8 Å². The molecule has 10 heteroatoms. The van der Waals surface area contributed by atoms with Crippen molar-refractivity contribution in [3.63, 3.8) is 0 Å². The minimum atomic E-state index is -0.280. The predicted octanol–water partition coefficient (Wildman–Crippen LogP) is 4.14. The number of hydrogen-bond acceptors (Lipinski definition) is 8. The van der Waals surface area contributed by atoms with Crippen molar-refractivity contribution in [3.05, 3.63) is 101 Å². The number of benzene rings is 2. The number of hydrogen-bond donors (Lipinski definition) is 4. The number of rotatable bonds is 9. The van der Waals surface area contributed by atoms with Gasteiger partial charge in [0, 0.05) is 49.2 Å². The number of fused-ring (bicyclic) bond motifs is 1. The molecular formula is C28H26ClN7O2. The summed E-state index contributed by atoms with van der Waals surface area (Å²) in [5.74, 6) is 1.41. The first kappa shape index (κ1) is 25.2. The van der Waals surface area contributed by atoms with E-state index >= 15 is 0 Å². The normalized spacial score (nSPS) is 14.2. The number of carbonyl (C=O) groups excluding carboxylic acids is 1. The van der Waals surface area contributed by atoms with E-state index in [-0.39, 0.29) is 12.0 Å². The molecule has 0 aliphatic carbocycles. The third-order valence-electron chi connectivity index (χ3n) is 5.95. The molecule has 3 heterocycles. The largest absolute Gasteiger partial charge is 0.487 e. The summed E-state index contributed by atoms with van der Waals surface area (Å²) in [5, 5.41) is 3.97. The highest BCUT2D eigenvalue weighted by Crippen LogP contribution is 2.39. The lowest BCUT2D eigenvalue weighted by atomic mass is 10.00. The minimum Gasteiger partial charge on any atom is -0.487 e. The number of nitrogens with one attached hydrogen (secondary N) is 3. The summed E-state index contributed by atoms with van der Waals surface area (Å²) in [6.45, 7) is 1.39. The summed E-state index contributed by atoms with van der Waals surface area (Å²) in [6, 6.07) is 15.0. The Morgan fingerprint density at radius 2 is 1.95 bits per heavy atom. The van der Waals surface area contributed by atoms with Gasteiger partial charge in [0.05, 0.1) is 11.2 Å². The van der Waals surface area contributed by atoms with Crippen molar-refractivity contribution in [1.29, 1.82) is 0 Å². The first-order chi connectivity index (χ1) is 18.5. The lowest BCUT2D eigenvalue weighted by Crippen LogP contribution is -2.30. The fourth-order valence-corrected chi connectivity index (χ4v) is 4.36. The molecule has 2 aromatic carbocycles. The van der Waals surface area contributed by atoms with Crippen LogP contribution in [0.5, 0.6) is 5.75 Å². The van der Waals surface area contributed by atoms with E-state index < -0.39 is 0 Å². The van der Waals surface area contributed by atoms with E-state index in [0.717, 1.165) is 34.4 Å². The molecule has 0 saturated heterocycles. The molecule has 0 bridgehead atoms. The minimum absolute atomic E-state index is 0.00258. The van der Waals surface area contributed by atoms with Gasteiger partial charge in [0.2, 0.25) is 0 Å². The van der Waals surface area contributed by atoms with Gasteiger partial charge in [-0.1, -0.05) is 35.9 Å². The van der Waals surface area contributed by atoms with Gasteiger partial charge in [-0.3, -0.25) is 20.6 Å². The maximum absolute atomic E-state index is 12.4. The van der Waals surface area contributed by atoms with Crippen LogP contribution in [0.25, 0.3) is 17.2 Å². The molecule has 0 radical (unpaired) electrons. The fraction of sp³-hybridized carbons (Fsp3) is 0.143. The van der Waals surface area contributed by atoms with E-state index in [9.17, 15) is 4.79 Å². The van der Waals surface area contributed by atoms with Crippen molar-refractivity contribution in [2.24, 2.45) is 0 Å². The van der Waals surface area contributed by atoms with E-state index in [0.29, 0.717) is 35.3 Å². The molecule has 0 fully saturated rings. The summed E-state index contributed by atoms with van der Waals surface area (Å²) < 4.78 is 6.11. The van der Waals surface area contributed by atoms with Gasteiger partial charge in [-0.05, 0) is 53.1 Å². The van der Waals surface area contributed by atoms with Crippen molar-refractivity contribution in [1.82, 2.24) is 25.7 Å². The number of nitrogens with zero attached hydrogens (tertiary/aromatic N) is 3. The smallest absolute Gasteiger partial charge is 0.269 e. The third-order valence-corrected chi connectivity index (χ3v) is 6.23. The van der Waals surface area contributed by atoms with Gasteiger partial charge in [0.25, 0.3) is 5.91 Å². The van der Waals surface area contributed by atoms with Gasteiger partial charge in [0.15, 0.2) is 5.82 Å². The third kappa shape index (κ3) is 6.26. The van der Waals surface area contributed by atoms with Crippen LogP contribution in [0.2, 0.25) is 5.02 Å². The highest BCUT2D eigenvalue weighted by Gasteiger charge is 2.25. The number of aromatic nitrogens is 3. The number of amides is 1. The van der Waals surface area contributed by atoms with Crippen molar-refractivity contribution in [2.45, 2.75) is 12.5 Å². The topological polar surface area (TPSA) is 127 Å². The molecule has 1 amide bonds. The van der Waals surface area contributed by atoms with Gasteiger partial charge in [-0.25, -0.2) is 9.97 Å². The maximum atomic E-state index is 12.4. The summed E-state index contributed by atoms with van der Waals surface area (Å²) >= 11 is 6.58. The van der Waals surface area contributed by atoms with Crippen LogP contribution < -0.4 is 26.6 Å². The zero-order valence-corrected chi connectivity index (χ0v) is 21.2. The lowest BCUT2D eigenvalue weighted by Gasteiger charge is -2.11. The summed E-state index contributed by atoms with van der Waals surface area (Å²) in [7, 11) is 0. The van der Waals surface area contributed by atoms with E-state index in [4.69, 9.17) is 22.1 Å². The van der Waals surface area contributed by atoms with Crippen LogP contribution in [0, 0.1) is 0 Å². The predicted molar refractivity (Wildman–Crippen MR) is 149 cm³/mol. The summed E-state index contributed by atoms with van der Waals surface area (Å²) in [6.07, 6.45) is 11.1. The second-order valence-corrected chi connectivity index (χ2v) is 9.12. The number of nitrogens with two attached hydrogens (primary N) is 1. The summed E-state index contributed by atoms with van der Waals surface area (Å²) in [4.78, 5) is 24.5. The molecule has 1 aliphatic heterocycles. The van der Waals surface area contributed by atoms with E-state index in [1.807, 2.05) is 36.4 Å². The number of anilines is 2. The average molecular weight is 528 g/mol. The Hall–Kier alpha value is -4.47. The second kappa shape index (κ2) is 11.7. The fourth-order valence-electron chi connectivity index (χ4n) is 4.08. The molecule has 0 saturated carbocycles. The van der Waals surface area contributed by atoms with Crippen LogP contribution >= 0.6 is 11.6 Å². The van der Waals surface area contributed by atoms with Gasteiger partial charge in [-0.15, -0.1) is 0 Å². The van der Waals surface area contributed by atoms with Gasteiger partial charge in [0.1, 0.15) is 17.7 Å². The quantitative estimate of drug-likeness (QED) is 0.189. The van der Waals surface area contributed by atoms with Crippen LogP contribution in [0.3, 0.4) is 0 Å². The van der Waals surface area contributed by atoms with Crippen LogP contribution in [-0.2, 0) is 6.42 Å². The van der Waals surface area contributed by atoms with Gasteiger partial charge in [-0.2, -0.15) is 0 Å². The number of carbonyl (C=O) groups is 1. The Morgan fingerprint density at radius 3 is 2.71 bits per heavy atom. The summed E-state index contributed by atoms with van der Waals surface area (Å²) in [5.41, 5.74) is 15.5. The Labute approximate surface area is 225 Å². The molecule has 9 nitrogen and oxygen atoms in total. The van der Waals surface area contributed by atoms with Crippen LogP contribution in [0.4, 0.5) is 11.6 Å². The van der Waals surface area contributed by atoms with Crippen molar-refractivity contribution >= 4 is 35.2 Å². The van der Waals surface area contributed by atoms with E-state index in [2.05, 4.69) is 37.2 Å². The first-order valence-electron chi connectivity index (χ1n) is 12.1. The molecule has 1 atom stereocenters. The van der Waals surface area contributed by atoms with Crippen LogP contribution in [-0.4, -0.2) is 40.1 Å². The monoisotopic (exact) mass is 527 g/mol. The Bertz CT molecular complexity index is 1430. The van der Waals surface area contributed by atoms with E-state index in [1.165, 1.54) is 12.4 Å². The molecular weight excluding hydrogens is 502 g/mol. The number of pyridine rings is 1. The molecule has 2 aromatic heterocycles. The average Bonchev–Trinajstić information content (AvgIpc) is 3.37. The maximum Gasteiger partial charge on any atom is 0.269 e. The van der Waals surface area contributed by atoms with Crippen molar-refractivity contribution < 1.29 is 9.53 Å². The molecule has 0 spiro atoms. The molecule has 192 valence electrons. The molecule has 4 aromatic rings. The van der Waals surface area contributed by atoms with Crippen molar-refractivity contribution in [3.8, 4) is 16.9 Å². The van der Waals surface area contributed by atoms with Crippen molar-refractivity contribution in [2.75, 3.05) is 24.2 Å². The van der Waals surface area contributed by atoms with Crippen LogP contribution in [0.15, 0.2) is 79.4 Å². The Kier molecular flexibility index (Phi) is 7.77. The highest BCUT2D eigenvalue weighted by atomic mass is 35.5. The number of hydrazine groups is 1. The molecule has 5 N–H and O–H groups in total. The zero-order chi connectivity index (χ0) is 26.3. The standard InChI is InChI=1S/C28H26ClN7O2/c29-24-14-21(19-4-6-20(7-5-19)28(37)36-35-26-17-32-10-11-33-26)12-22-13-23(38-27(22)24)16-31-9-1-2-18-3-8-25(30)34-15-18/h1-8,10-12,14-15,17,23,31H,9,13,16H2,(H2,30,34)(H,33,35)(H,36,37). The first-order valence-corrected chi connectivity index (χ1v) is 12.4. The Morgan fingerprint density at radius 1 is 1.08 bits per heavy atom. The highest BCUT2D eigenvalue weighted by molar-refractivity contribution is 6.32. The zero-order valence-electron chi connectivity index (χ0n) is 20.4. The van der Waals surface area contributed by atoms with Gasteiger partial charge >= 0.3 is 0 Å². The number of halogens is 1. The van der Waals surface area contributed by atoms with Crippen LogP contribution in [0.1, 0.15) is 21.5 Å². The molecule has 1 aliphatic rings. The van der Waals surface area contributed by atoms with E-state index in [1.54, 1.807) is 30.6 Å². The molecule has 1 unspecified atom stereocenters. The SMILES string of the molecule is Nc1ccc(C=CCNCC2Cc3cc(-c4ccc(C(=O)NNc5cnccn5)cc4)cc(Cl)c3O2)cn1. The molecule has 5 rings (SSSR count). The molecule has 38 heavy (non-hydrogen) atoms. The number of nitrogen functional groups attached to an aromatic ring is 1.